The van der Waals surface area contributed by atoms with Crippen LogP contribution < -0.4 is 10.3 Å². The minimum Gasteiger partial charge on any atom is -0.508 e. The minimum atomic E-state index is -0.00634. The Kier molecular flexibility index (Phi) is 23.3. The molecule has 3 rings (SSSR count). The van der Waals surface area contributed by atoms with Crippen LogP contribution in [0, 0.1) is 11.8 Å². The topological polar surface area (TPSA) is 64.9 Å². The van der Waals surface area contributed by atoms with Crippen molar-refractivity contribution in [3.8, 4) is 0 Å². The summed E-state index contributed by atoms with van der Waals surface area (Å²) in [4.78, 5) is 10.6. The second-order valence-corrected chi connectivity index (χ2v) is 10.3. The number of aliphatic hydroxyl groups is 1. The summed E-state index contributed by atoms with van der Waals surface area (Å²) in [5.74, 6) is 1.01. The van der Waals surface area contributed by atoms with Gasteiger partial charge in [-0.25, -0.2) is 0 Å². The van der Waals surface area contributed by atoms with Crippen molar-refractivity contribution in [3.63, 3.8) is 0 Å². The van der Waals surface area contributed by atoms with Crippen molar-refractivity contribution in [3.05, 3.63) is 114 Å². The van der Waals surface area contributed by atoms with Crippen LogP contribution in [-0.2, 0) is 4.79 Å². The van der Waals surface area contributed by atoms with Crippen LogP contribution >= 0.6 is 0 Å². The van der Waals surface area contributed by atoms with Gasteiger partial charge in [-0.15, -0.1) is 0 Å². The Morgan fingerprint density at radius 2 is 1.73 bits per heavy atom. The number of hydrazone groups is 1. The lowest BCUT2D eigenvalue weighted by atomic mass is 9.85. The summed E-state index contributed by atoms with van der Waals surface area (Å²) in [6.45, 7) is 21.2. The van der Waals surface area contributed by atoms with E-state index >= 15 is 0 Å². The Balaban J connectivity index is 0.000000904. The lowest BCUT2D eigenvalue weighted by molar-refractivity contribution is -0.118. The average molecular weight is 616 g/mol. The minimum absolute atomic E-state index is 0.00634. The molecule has 5 nitrogen and oxygen atoms in total. The Morgan fingerprint density at radius 1 is 1.07 bits per heavy atom. The zero-order valence-electron chi connectivity index (χ0n) is 29.8. The fourth-order valence-electron chi connectivity index (χ4n) is 4.84. The molecule has 1 aliphatic carbocycles. The number of nitrogens with zero attached hydrogens (tertiary/aromatic N) is 2. The number of rotatable bonds is 11. The molecule has 45 heavy (non-hydrogen) atoms. The Labute approximate surface area is 275 Å². The summed E-state index contributed by atoms with van der Waals surface area (Å²) in [5.41, 5.74) is 4.78. The molecule has 1 amide bonds. The second kappa shape index (κ2) is 25.5. The molecule has 0 bridgehead atoms. The molecule has 0 saturated heterocycles. The van der Waals surface area contributed by atoms with Gasteiger partial charge in [0.15, 0.2) is 0 Å². The van der Waals surface area contributed by atoms with E-state index < -0.39 is 0 Å². The van der Waals surface area contributed by atoms with Crippen LogP contribution in [0.5, 0.6) is 0 Å². The maximum Gasteiger partial charge on any atom is 0.216 e. The number of hydrogen-bond donors (Lipinski definition) is 2. The number of benzene rings is 1. The van der Waals surface area contributed by atoms with Gasteiger partial charge in [-0.3, -0.25) is 9.80 Å². The van der Waals surface area contributed by atoms with E-state index in [9.17, 15) is 9.90 Å². The van der Waals surface area contributed by atoms with Crippen LogP contribution in [0.3, 0.4) is 0 Å². The van der Waals surface area contributed by atoms with Gasteiger partial charge in [0, 0.05) is 19.4 Å². The molecule has 2 N–H and O–H groups in total. The predicted octanol–water partition coefficient (Wildman–Crippen LogP) is 10.8. The van der Waals surface area contributed by atoms with Crippen molar-refractivity contribution in [1.82, 2.24) is 5.32 Å². The van der Waals surface area contributed by atoms with Crippen molar-refractivity contribution >= 4 is 17.3 Å². The van der Waals surface area contributed by atoms with E-state index in [-0.39, 0.29) is 11.7 Å². The summed E-state index contributed by atoms with van der Waals surface area (Å²) in [6.07, 6.45) is 26.3. The van der Waals surface area contributed by atoms with Gasteiger partial charge in [-0.1, -0.05) is 134 Å². The molecule has 248 valence electrons. The summed E-state index contributed by atoms with van der Waals surface area (Å²) in [6, 6.07) is 10.8. The van der Waals surface area contributed by atoms with Gasteiger partial charge in [0.05, 0.1) is 17.4 Å². The molecule has 0 fully saturated rings. The predicted molar refractivity (Wildman–Crippen MR) is 199 cm³/mol. The third kappa shape index (κ3) is 15.6. The first-order chi connectivity index (χ1) is 21.8. The summed E-state index contributed by atoms with van der Waals surface area (Å²) < 4.78 is 0. The van der Waals surface area contributed by atoms with Gasteiger partial charge < -0.3 is 10.4 Å². The maximum absolute atomic E-state index is 10.6. The third-order valence-corrected chi connectivity index (χ3v) is 7.02. The SMILES string of the molecule is C/C=C(\C=C/CC)C1=NN(c2ccccc2)C(C(C)/C=C\C=C/CC)C1C.CC.CC.CC(=O)NCCC1=CC=C(O)C=CC1. The smallest absolute Gasteiger partial charge is 0.216 e. The highest BCUT2D eigenvalue weighted by Crippen LogP contribution is 2.35. The van der Waals surface area contributed by atoms with Gasteiger partial charge in [0.1, 0.15) is 5.76 Å². The Morgan fingerprint density at radius 3 is 2.33 bits per heavy atom. The number of aliphatic hydroxyl groups excluding tert-OH is 1. The summed E-state index contributed by atoms with van der Waals surface area (Å²) in [7, 11) is 0. The molecular formula is C40H61N3O2. The number of para-hydroxylation sites is 1. The Bertz CT molecular complexity index is 1200. The first-order valence-corrected chi connectivity index (χ1v) is 16.9. The number of hydrogen-bond acceptors (Lipinski definition) is 4. The van der Waals surface area contributed by atoms with E-state index in [4.69, 9.17) is 5.10 Å². The molecule has 3 unspecified atom stereocenters. The molecule has 5 heteroatoms. The van der Waals surface area contributed by atoms with Crippen LogP contribution in [0.15, 0.2) is 119 Å². The second-order valence-electron chi connectivity index (χ2n) is 10.3. The first kappa shape index (κ1) is 41.1. The largest absolute Gasteiger partial charge is 0.508 e. The number of carbonyl (C=O) groups is 1. The fraction of sp³-hybridized carbons (Fsp3) is 0.450. The highest BCUT2D eigenvalue weighted by Gasteiger charge is 2.38. The number of nitrogens with one attached hydrogen (secondary N) is 1. The van der Waals surface area contributed by atoms with Gasteiger partial charge >= 0.3 is 0 Å². The van der Waals surface area contributed by atoms with E-state index in [0.29, 0.717) is 24.4 Å². The van der Waals surface area contributed by atoms with E-state index in [2.05, 4.69) is 118 Å². The third-order valence-electron chi connectivity index (χ3n) is 7.02. The molecule has 0 radical (unpaired) electrons. The van der Waals surface area contributed by atoms with Gasteiger partial charge in [0.2, 0.25) is 5.91 Å². The van der Waals surface area contributed by atoms with E-state index in [1.807, 2.05) is 39.8 Å². The molecule has 1 aliphatic heterocycles. The molecule has 2 aliphatic rings. The van der Waals surface area contributed by atoms with Crippen LogP contribution in [0.4, 0.5) is 5.69 Å². The normalized spacial score (nSPS) is 18.5. The number of allylic oxidation sites excluding steroid dienone is 11. The van der Waals surface area contributed by atoms with Crippen LogP contribution in [0.2, 0.25) is 0 Å². The van der Waals surface area contributed by atoms with Crippen molar-refractivity contribution in [2.75, 3.05) is 11.6 Å². The van der Waals surface area contributed by atoms with E-state index in [1.54, 1.807) is 12.2 Å². The molecular weight excluding hydrogens is 554 g/mol. The number of amides is 1. The van der Waals surface area contributed by atoms with Gasteiger partial charge in [-0.05, 0) is 68.4 Å². The molecule has 0 aromatic heterocycles. The summed E-state index contributed by atoms with van der Waals surface area (Å²) >= 11 is 0. The van der Waals surface area contributed by atoms with Crippen LogP contribution in [0.25, 0.3) is 0 Å². The number of carbonyl (C=O) groups excluding carboxylic acids is 1. The molecule has 3 atom stereocenters. The number of anilines is 1. The zero-order chi connectivity index (χ0) is 34.0. The summed E-state index contributed by atoms with van der Waals surface area (Å²) in [5, 5.41) is 19.2. The highest BCUT2D eigenvalue weighted by molar-refractivity contribution is 6.06. The van der Waals surface area contributed by atoms with E-state index in [0.717, 1.165) is 31.4 Å². The van der Waals surface area contributed by atoms with Crippen molar-refractivity contribution in [1.29, 1.82) is 0 Å². The zero-order valence-corrected chi connectivity index (χ0v) is 29.8. The van der Waals surface area contributed by atoms with Crippen molar-refractivity contribution in [2.24, 2.45) is 16.9 Å². The van der Waals surface area contributed by atoms with Crippen molar-refractivity contribution in [2.45, 2.75) is 101 Å². The average Bonchev–Trinajstić information content (AvgIpc) is 3.26. The highest BCUT2D eigenvalue weighted by atomic mass is 16.3. The lowest BCUT2D eigenvalue weighted by Crippen LogP contribution is -2.37. The van der Waals surface area contributed by atoms with E-state index in [1.165, 1.54) is 23.8 Å². The lowest BCUT2D eigenvalue weighted by Gasteiger charge is -2.30. The van der Waals surface area contributed by atoms with Crippen molar-refractivity contribution < 1.29 is 9.90 Å². The van der Waals surface area contributed by atoms with Crippen LogP contribution in [0.1, 0.15) is 94.9 Å². The molecule has 1 aromatic carbocycles. The van der Waals surface area contributed by atoms with Crippen LogP contribution in [-0.4, -0.2) is 29.3 Å². The first-order valence-electron chi connectivity index (χ1n) is 16.9. The molecule has 1 aromatic rings. The quantitative estimate of drug-likeness (QED) is 0.243. The molecule has 0 spiro atoms. The van der Waals surface area contributed by atoms with Gasteiger partial charge in [0.25, 0.3) is 0 Å². The Hall–Kier alpha value is -3.86. The maximum atomic E-state index is 10.6. The fourth-order valence-corrected chi connectivity index (χ4v) is 4.84. The molecule has 0 saturated carbocycles. The van der Waals surface area contributed by atoms with Gasteiger partial charge in [-0.2, -0.15) is 5.10 Å². The monoisotopic (exact) mass is 615 g/mol. The molecule has 1 heterocycles. The standard InChI is InChI=1S/C25H34N2.C11H15NO2.2C2H6/c1-6-9-11-13-16-20(4)25-21(5)24(22(8-3)17-10-7-2)26-27(25)23-18-14-12-15-19-23;1-9(13)12-8-7-10-3-2-4-11(14)6-5-10;2*1-2/h8-21,25H,6-7H2,1-5H3;2,4-6,14H,3,7-8H2,1H3,(H,12,13);2*1-2H3/b11-9-,16-13-,17-10-,22-8+;;;.